The standard InChI is InChI=1S/C19H18ClN3O2S/c20-14-3-1-4-15(11-14)22-19(25)13-6-7-18(21-12-13)23-16(8-9-24)17-5-2-10-26-17/h1-7,10-12,16,24H,8-9H2,(H,21,23)(H,22,25). The monoisotopic (exact) mass is 387 g/mol. The van der Waals surface area contributed by atoms with Crippen molar-refractivity contribution < 1.29 is 9.90 Å². The van der Waals surface area contributed by atoms with Crippen LogP contribution in [0, 0.1) is 0 Å². The van der Waals surface area contributed by atoms with Crippen molar-refractivity contribution in [2.75, 3.05) is 17.2 Å². The number of hydrogen-bond donors (Lipinski definition) is 3. The molecule has 0 radical (unpaired) electrons. The van der Waals surface area contributed by atoms with Crippen molar-refractivity contribution in [3.05, 3.63) is 75.6 Å². The van der Waals surface area contributed by atoms with Gasteiger partial charge in [0.15, 0.2) is 0 Å². The first-order valence-corrected chi connectivity index (χ1v) is 9.35. The Hall–Kier alpha value is -2.41. The van der Waals surface area contributed by atoms with Crippen LogP contribution in [0.2, 0.25) is 5.02 Å². The summed E-state index contributed by atoms with van der Waals surface area (Å²) < 4.78 is 0. The quantitative estimate of drug-likeness (QED) is 0.554. The molecule has 0 fully saturated rings. The van der Waals surface area contributed by atoms with Gasteiger partial charge in [0, 0.05) is 28.4 Å². The number of carbonyl (C=O) groups is 1. The first kappa shape index (κ1) is 18.4. The van der Waals surface area contributed by atoms with Crippen LogP contribution in [0.15, 0.2) is 60.1 Å². The minimum Gasteiger partial charge on any atom is -0.396 e. The van der Waals surface area contributed by atoms with Crippen LogP contribution in [0.4, 0.5) is 11.5 Å². The van der Waals surface area contributed by atoms with Gasteiger partial charge in [-0.15, -0.1) is 11.3 Å². The van der Waals surface area contributed by atoms with Crippen LogP contribution in [0.5, 0.6) is 0 Å². The van der Waals surface area contributed by atoms with E-state index in [0.717, 1.165) is 4.88 Å². The SMILES string of the molecule is O=C(Nc1cccc(Cl)c1)c1ccc(NC(CCO)c2cccs2)nc1. The van der Waals surface area contributed by atoms with Crippen LogP contribution in [-0.2, 0) is 0 Å². The van der Waals surface area contributed by atoms with Gasteiger partial charge in [0.05, 0.1) is 11.6 Å². The molecule has 0 aliphatic heterocycles. The number of thiophene rings is 1. The second kappa shape index (κ2) is 8.80. The predicted molar refractivity (Wildman–Crippen MR) is 106 cm³/mol. The zero-order chi connectivity index (χ0) is 18.4. The number of amides is 1. The maximum absolute atomic E-state index is 12.3. The fourth-order valence-corrected chi connectivity index (χ4v) is 3.47. The van der Waals surface area contributed by atoms with Crippen LogP contribution in [0.25, 0.3) is 0 Å². The molecule has 0 saturated heterocycles. The van der Waals surface area contributed by atoms with Crippen molar-refractivity contribution >= 4 is 40.4 Å². The van der Waals surface area contributed by atoms with E-state index in [-0.39, 0.29) is 18.6 Å². The number of aliphatic hydroxyl groups excluding tert-OH is 1. The van der Waals surface area contributed by atoms with Crippen LogP contribution in [-0.4, -0.2) is 22.6 Å². The highest BCUT2D eigenvalue weighted by Gasteiger charge is 2.13. The summed E-state index contributed by atoms with van der Waals surface area (Å²) in [6.07, 6.45) is 2.10. The molecule has 0 aliphatic carbocycles. The maximum atomic E-state index is 12.3. The maximum Gasteiger partial charge on any atom is 0.257 e. The van der Waals surface area contributed by atoms with E-state index in [1.807, 2.05) is 17.5 Å². The number of benzene rings is 1. The van der Waals surface area contributed by atoms with Crippen molar-refractivity contribution in [1.82, 2.24) is 4.98 Å². The van der Waals surface area contributed by atoms with Crippen molar-refractivity contribution in [3.63, 3.8) is 0 Å². The van der Waals surface area contributed by atoms with E-state index in [2.05, 4.69) is 15.6 Å². The third-order valence-corrected chi connectivity index (χ3v) is 4.96. The van der Waals surface area contributed by atoms with Gasteiger partial charge in [0.25, 0.3) is 5.91 Å². The Morgan fingerprint density at radius 1 is 1.23 bits per heavy atom. The number of nitrogens with zero attached hydrogens (tertiary/aromatic N) is 1. The van der Waals surface area contributed by atoms with Gasteiger partial charge in [0.1, 0.15) is 5.82 Å². The molecule has 0 spiro atoms. The smallest absolute Gasteiger partial charge is 0.257 e. The number of rotatable bonds is 7. The largest absolute Gasteiger partial charge is 0.396 e. The van der Waals surface area contributed by atoms with E-state index in [1.165, 1.54) is 6.20 Å². The Balaban J connectivity index is 1.66. The Labute approximate surface area is 160 Å². The molecule has 1 atom stereocenters. The third kappa shape index (κ3) is 4.82. The van der Waals surface area contributed by atoms with Crippen molar-refractivity contribution in [2.24, 2.45) is 0 Å². The molecule has 1 aromatic carbocycles. The summed E-state index contributed by atoms with van der Waals surface area (Å²) in [6.45, 7) is 0.0791. The van der Waals surface area contributed by atoms with E-state index in [9.17, 15) is 9.90 Å². The molecule has 3 aromatic rings. The molecule has 2 aromatic heterocycles. The molecule has 0 bridgehead atoms. The van der Waals surface area contributed by atoms with Crippen molar-refractivity contribution in [2.45, 2.75) is 12.5 Å². The lowest BCUT2D eigenvalue weighted by atomic mass is 10.1. The van der Waals surface area contributed by atoms with E-state index in [0.29, 0.717) is 28.5 Å². The summed E-state index contributed by atoms with van der Waals surface area (Å²) >= 11 is 7.55. The highest BCUT2D eigenvalue weighted by Crippen LogP contribution is 2.25. The number of anilines is 2. The molecule has 1 amide bonds. The number of aromatic nitrogens is 1. The van der Waals surface area contributed by atoms with Crippen molar-refractivity contribution in [3.8, 4) is 0 Å². The van der Waals surface area contributed by atoms with Gasteiger partial charge < -0.3 is 15.7 Å². The first-order valence-electron chi connectivity index (χ1n) is 8.09. The number of carbonyl (C=O) groups excluding carboxylic acids is 1. The summed E-state index contributed by atoms with van der Waals surface area (Å²) in [7, 11) is 0. The topological polar surface area (TPSA) is 74.2 Å². The predicted octanol–water partition coefficient (Wildman–Crippen LogP) is 4.58. The molecule has 3 N–H and O–H groups in total. The second-order valence-electron chi connectivity index (χ2n) is 5.62. The number of nitrogens with one attached hydrogen (secondary N) is 2. The average molecular weight is 388 g/mol. The Morgan fingerprint density at radius 2 is 2.12 bits per heavy atom. The van der Waals surface area contributed by atoms with E-state index < -0.39 is 0 Å². The molecule has 0 saturated carbocycles. The fourth-order valence-electron chi connectivity index (χ4n) is 2.47. The molecule has 26 heavy (non-hydrogen) atoms. The van der Waals surface area contributed by atoms with Gasteiger partial charge >= 0.3 is 0 Å². The van der Waals surface area contributed by atoms with Crippen LogP contribution in [0.3, 0.4) is 0 Å². The zero-order valence-corrected chi connectivity index (χ0v) is 15.4. The minimum atomic E-state index is -0.253. The van der Waals surface area contributed by atoms with Gasteiger partial charge in [-0.25, -0.2) is 4.98 Å². The highest BCUT2D eigenvalue weighted by molar-refractivity contribution is 7.10. The third-order valence-electron chi connectivity index (χ3n) is 3.73. The van der Waals surface area contributed by atoms with E-state index >= 15 is 0 Å². The lowest BCUT2D eigenvalue weighted by molar-refractivity contribution is 0.102. The Morgan fingerprint density at radius 3 is 2.77 bits per heavy atom. The molecular formula is C19H18ClN3O2S. The normalized spacial score (nSPS) is 11.8. The van der Waals surface area contributed by atoms with Crippen LogP contribution in [0.1, 0.15) is 27.7 Å². The molecular weight excluding hydrogens is 370 g/mol. The Bertz CT molecular complexity index is 853. The average Bonchev–Trinajstić information content (AvgIpc) is 3.16. The molecule has 5 nitrogen and oxygen atoms in total. The van der Waals surface area contributed by atoms with Gasteiger partial charge in [0.2, 0.25) is 0 Å². The molecule has 0 aliphatic rings. The molecule has 134 valence electrons. The van der Waals surface area contributed by atoms with E-state index in [1.54, 1.807) is 47.7 Å². The summed E-state index contributed by atoms with van der Waals surface area (Å²) in [5.74, 6) is 0.396. The molecule has 3 rings (SSSR count). The molecule has 2 heterocycles. The first-order chi connectivity index (χ1) is 12.7. The number of pyridine rings is 1. The Kier molecular flexibility index (Phi) is 6.22. The van der Waals surface area contributed by atoms with Gasteiger partial charge in [-0.1, -0.05) is 23.7 Å². The van der Waals surface area contributed by atoms with Gasteiger partial charge in [-0.05, 0) is 48.2 Å². The molecule has 7 heteroatoms. The van der Waals surface area contributed by atoms with Crippen LogP contribution < -0.4 is 10.6 Å². The fraction of sp³-hybridized carbons (Fsp3) is 0.158. The van der Waals surface area contributed by atoms with Gasteiger partial charge in [-0.3, -0.25) is 4.79 Å². The second-order valence-corrected chi connectivity index (χ2v) is 7.04. The summed E-state index contributed by atoms with van der Waals surface area (Å²) in [4.78, 5) is 17.7. The summed E-state index contributed by atoms with van der Waals surface area (Å²) in [5.41, 5.74) is 1.08. The number of hydrogen-bond acceptors (Lipinski definition) is 5. The summed E-state index contributed by atoms with van der Waals surface area (Å²) in [5, 5.41) is 17.9. The summed E-state index contributed by atoms with van der Waals surface area (Å²) in [6, 6.07) is 14.4. The number of aliphatic hydroxyl groups is 1. The van der Waals surface area contributed by atoms with Gasteiger partial charge in [-0.2, -0.15) is 0 Å². The minimum absolute atomic E-state index is 0.0152. The number of halogens is 1. The zero-order valence-electron chi connectivity index (χ0n) is 13.9. The molecule has 1 unspecified atom stereocenters. The van der Waals surface area contributed by atoms with Crippen molar-refractivity contribution in [1.29, 1.82) is 0 Å². The van der Waals surface area contributed by atoms with E-state index in [4.69, 9.17) is 11.6 Å². The highest BCUT2D eigenvalue weighted by atomic mass is 35.5. The lowest BCUT2D eigenvalue weighted by Crippen LogP contribution is -2.14. The van der Waals surface area contributed by atoms with Crippen LogP contribution >= 0.6 is 22.9 Å². The lowest BCUT2D eigenvalue weighted by Gasteiger charge is -2.17.